The van der Waals surface area contributed by atoms with Gasteiger partial charge in [0.1, 0.15) is 16.6 Å². The van der Waals surface area contributed by atoms with E-state index in [0.717, 1.165) is 12.8 Å². The Kier molecular flexibility index (Phi) is 3.16. The van der Waals surface area contributed by atoms with Crippen molar-refractivity contribution in [3.63, 3.8) is 0 Å². The molecule has 0 bridgehead atoms. The van der Waals surface area contributed by atoms with Gasteiger partial charge in [0.25, 0.3) is 0 Å². The van der Waals surface area contributed by atoms with Gasteiger partial charge < -0.3 is 9.63 Å². The molecule has 1 unspecified atom stereocenters. The molecule has 2 N–H and O–H groups in total. The van der Waals surface area contributed by atoms with Crippen molar-refractivity contribution in [2.75, 3.05) is 0 Å². The predicted molar refractivity (Wildman–Crippen MR) is 60.4 cm³/mol. The third-order valence-electron chi connectivity index (χ3n) is 2.88. The van der Waals surface area contributed by atoms with Crippen LogP contribution in [-0.4, -0.2) is 30.7 Å². The Morgan fingerprint density at radius 2 is 2.11 bits per heavy atom. The number of aliphatic carboxylic acids is 1. The second kappa shape index (κ2) is 4.36. The number of nitrogens with one attached hydrogen (secondary N) is 1. The first-order valence-electron chi connectivity index (χ1n) is 5.51. The SMILES string of the molecule is Cc1noc(C)c1S(=O)(=O)NC(C(=O)O)C1CC1. The lowest BCUT2D eigenvalue weighted by Crippen LogP contribution is -2.42. The minimum Gasteiger partial charge on any atom is -0.480 e. The third-order valence-corrected chi connectivity index (χ3v) is 4.56. The summed E-state index contributed by atoms with van der Waals surface area (Å²) in [5, 5.41) is 12.6. The fraction of sp³-hybridized carbons (Fsp3) is 0.600. The zero-order chi connectivity index (χ0) is 13.5. The topological polar surface area (TPSA) is 110 Å². The Bertz CT molecular complexity index is 554. The first kappa shape index (κ1) is 13.0. The van der Waals surface area contributed by atoms with E-state index in [0.29, 0.717) is 0 Å². The van der Waals surface area contributed by atoms with E-state index in [2.05, 4.69) is 9.88 Å². The molecular weight excluding hydrogens is 260 g/mol. The summed E-state index contributed by atoms with van der Waals surface area (Å²) in [5.41, 5.74) is 0.222. The molecule has 2 rings (SSSR count). The number of aryl methyl sites for hydroxylation is 2. The zero-order valence-corrected chi connectivity index (χ0v) is 10.8. The molecule has 0 aliphatic heterocycles. The van der Waals surface area contributed by atoms with Crippen molar-refractivity contribution < 1.29 is 22.8 Å². The Morgan fingerprint density at radius 1 is 1.50 bits per heavy atom. The van der Waals surface area contributed by atoms with Crippen molar-refractivity contribution in [2.24, 2.45) is 5.92 Å². The number of carbonyl (C=O) groups is 1. The summed E-state index contributed by atoms with van der Waals surface area (Å²) in [6, 6.07) is -1.08. The first-order valence-corrected chi connectivity index (χ1v) is 6.99. The number of hydrogen-bond donors (Lipinski definition) is 2. The van der Waals surface area contributed by atoms with Crippen LogP contribution in [0.1, 0.15) is 24.3 Å². The number of aromatic nitrogens is 1. The molecule has 1 saturated carbocycles. The van der Waals surface area contributed by atoms with Gasteiger partial charge in [-0.05, 0) is 32.6 Å². The minimum absolute atomic E-state index is 0.0746. The van der Waals surface area contributed by atoms with E-state index in [-0.39, 0.29) is 22.3 Å². The van der Waals surface area contributed by atoms with E-state index in [9.17, 15) is 13.2 Å². The number of carboxylic acids is 1. The lowest BCUT2D eigenvalue weighted by Gasteiger charge is -2.13. The molecule has 1 aliphatic rings. The molecule has 1 aromatic heterocycles. The summed E-state index contributed by atoms with van der Waals surface area (Å²) in [6.07, 6.45) is 1.45. The van der Waals surface area contributed by atoms with Crippen LogP contribution in [0.4, 0.5) is 0 Å². The number of carboxylic acid groups (broad SMARTS) is 1. The maximum Gasteiger partial charge on any atom is 0.322 e. The highest BCUT2D eigenvalue weighted by Crippen LogP contribution is 2.33. The number of rotatable bonds is 5. The average molecular weight is 274 g/mol. The molecule has 100 valence electrons. The van der Waals surface area contributed by atoms with Crippen LogP contribution in [0, 0.1) is 19.8 Å². The summed E-state index contributed by atoms with van der Waals surface area (Å²) in [7, 11) is -3.91. The predicted octanol–water partition coefficient (Wildman–Crippen LogP) is 0.433. The minimum atomic E-state index is -3.91. The lowest BCUT2D eigenvalue weighted by atomic mass is 10.2. The number of sulfonamides is 1. The van der Waals surface area contributed by atoms with Crippen LogP contribution >= 0.6 is 0 Å². The third kappa shape index (κ3) is 2.39. The molecule has 1 heterocycles. The first-order chi connectivity index (χ1) is 8.33. The Hall–Kier alpha value is -1.41. The van der Waals surface area contributed by atoms with E-state index in [1.807, 2.05) is 0 Å². The van der Waals surface area contributed by atoms with Gasteiger partial charge in [-0.1, -0.05) is 5.16 Å². The maximum absolute atomic E-state index is 12.1. The molecule has 0 saturated heterocycles. The van der Waals surface area contributed by atoms with Crippen LogP contribution in [0.15, 0.2) is 9.42 Å². The van der Waals surface area contributed by atoms with Gasteiger partial charge in [0, 0.05) is 0 Å². The molecule has 1 aromatic rings. The summed E-state index contributed by atoms with van der Waals surface area (Å²) < 4.78 is 31.2. The quantitative estimate of drug-likeness (QED) is 0.806. The van der Waals surface area contributed by atoms with E-state index in [4.69, 9.17) is 9.63 Å². The van der Waals surface area contributed by atoms with Crippen molar-refractivity contribution in [1.82, 2.24) is 9.88 Å². The maximum atomic E-state index is 12.1. The normalized spacial score (nSPS) is 17.7. The smallest absolute Gasteiger partial charge is 0.322 e. The standard InChI is InChI=1S/C10H14N2O5S/c1-5-9(6(2)17-11-5)18(15,16)12-8(10(13)14)7-3-4-7/h7-8,12H,3-4H2,1-2H3,(H,13,14). The average Bonchev–Trinajstić information content (AvgIpc) is 3.01. The van der Waals surface area contributed by atoms with Gasteiger partial charge >= 0.3 is 5.97 Å². The van der Waals surface area contributed by atoms with Gasteiger partial charge in [-0.3, -0.25) is 4.79 Å². The highest BCUT2D eigenvalue weighted by Gasteiger charge is 2.40. The molecule has 0 radical (unpaired) electrons. The van der Waals surface area contributed by atoms with Gasteiger partial charge in [-0.15, -0.1) is 0 Å². The van der Waals surface area contributed by atoms with E-state index >= 15 is 0 Å². The monoisotopic (exact) mass is 274 g/mol. The molecule has 8 heteroatoms. The molecule has 0 spiro atoms. The molecule has 1 fully saturated rings. The molecule has 7 nitrogen and oxygen atoms in total. The van der Waals surface area contributed by atoms with Crippen LogP contribution in [0.25, 0.3) is 0 Å². The van der Waals surface area contributed by atoms with Crippen LogP contribution in [-0.2, 0) is 14.8 Å². The Morgan fingerprint density at radius 3 is 2.50 bits per heavy atom. The van der Waals surface area contributed by atoms with Crippen LogP contribution < -0.4 is 4.72 Å². The van der Waals surface area contributed by atoms with Crippen molar-refractivity contribution in [1.29, 1.82) is 0 Å². The fourth-order valence-electron chi connectivity index (χ4n) is 1.86. The van der Waals surface area contributed by atoms with Gasteiger partial charge in [-0.25, -0.2) is 8.42 Å². The summed E-state index contributed by atoms with van der Waals surface area (Å²) >= 11 is 0. The Labute approximate surface area is 104 Å². The second-order valence-electron chi connectivity index (χ2n) is 4.43. The molecule has 18 heavy (non-hydrogen) atoms. The highest BCUT2D eigenvalue weighted by molar-refractivity contribution is 7.89. The molecule has 0 amide bonds. The largest absolute Gasteiger partial charge is 0.480 e. The molecule has 1 atom stereocenters. The van der Waals surface area contributed by atoms with Crippen LogP contribution in [0.2, 0.25) is 0 Å². The number of hydrogen-bond acceptors (Lipinski definition) is 5. The van der Waals surface area contributed by atoms with E-state index in [1.165, 1.54) is 13.8 Å². The number of nitrogens with zero attached hydrogens (tertiary/aromatic N) is 1. The van der Waals surface area contributed by atoms with Crippen molar-refractivity contribution >= 4 is 16.0 Å². The van der Waals surface area contributed by atoms with Crippen LogP contribution in [0.5, 0.6) is 0 Å². The molecular formula is C10H14N2O5S. The summed E-state index contributed by atoms with van der Waals surface area (Å²) in [4.78, 5) is 11.0. The van der Waals surface area contributed by atoms with Gasteiger partial charge in [-0.2, -0.15) is 4.72 Å². The van der Waals surface area contributed by atoms with E-state index < -0.39 is 22.0 Å². The summed E-state index contributed by atoms with van der Waals surface area (Å²) in [5.74, 6) is -1.13. The molecule has 1 aliphatic carbocycles. The fourth-order valence-corrected chi connectivity index (χ4v) is 3.45. The Balaban J connectivity index is 2.29. The van der Waals surface area contributed by atoms with Crippen molar-refractivity contribution in [2.45, 2.75) is 37.6 Å². The zero-order valence-electron chi connectivity index (χ0n) is 10.0. The lowest BCUT2D eigenvalue weighted by molar-refractivity contribution is -0.139. The van der Waals surface area contributed by atoms with Crippen molar-refractivity contribution in [3.05, 3.63) is 11.5 Å². The van der Waals surface area contributed by atoms with Crippen molar-refractivity contribution in [3.8, 4) is 0 Å². The van der Waals surface area contributed by atoms with Gasteiger partial charge in [0.2, 0.25) is 10.0 Å². The van der Waals surface area contributed by atoms with Gasteiger partial charge in [0.05, 0.1) is 0 Å². The van der Waals surface area contributed by atoms with Crippen LogP contribution in [0.3, 0.4) is 0 Å². The summed E-state index contributed by atoms with van der Waals surface area (Å²) in [6.45, 7) is 2.97. The second-order valence-corrected chi connectivity index (χ2v) is 6.08. The molecule has 0 aromatic carbocycles. The van der Waals surface area contributed by atoms with E-state index in [1.54, 1.807) is 0 Å². The van der Waals surface area contributed by atoms with Gasteiger partial charge in [0.15, 0.2) is 5.76 Å². The highest BCUT2D eigenvalue weighted by atomic mass is 32.2.